The highest BCUT2D eigenvalue weighted by Crippen LogP contribution is 2.32. The van der Waals surface area contributed by atoms with Gasteiger partial charge in [0.2, 0.25) is 5.89 Å². The monoisotopic (exact) mass is 285 g/mol. The SMILES string of the molecule is CC(Cc1nc(CC2CC2)no1)C1CCCNC1.Cl. The Morgan fingerprint density at radius 1 is 1.37 bits per heavy atom. The molecule has 2 fully saturated rings. The molecule has 1 aliphatic heterocycles. The second-order valence-electron chi connectivity index (χ2n) is 6.04. The molecule has 1 aromatic rings. The van der Waals surface area contributed by atoms with Crippen LogP contribution < -0.4 is 5.32 Å². The van der Waals surface area contributed by atoms with E-state index in [1.165, 1.54) is 32.2 Å². The lowest BCUT2D eigenvalue weighted by Gasteiger charge is -2.27. The third-order valence-corrected chi connectivity index (χ3v) is 4.31. The van der Waals surface area contributed by atoms with Crippen molar-refractivity contribution in [2.24, 2.45) is 17.8 Å². The van der Waals surface area contributed by atoms with E-state index in [4.69, 9.17) is 4.52 Å². The normalized spacial score (nSPS) is 24.8. The molecule has 1 saturated heterocycles. The molecule has 0 radical (unpaired) electrons. The first kappa shape index (κ1) is 14.8. The van der Waals surface area contributed by atoms with Crippen molar-refractivity contribution in [3.63, 3.8) is 0 Å². The van der Waals surface area contributed by atoms with Gasteiger partial charge in [-0.1, -0.05) is 12.1 Å². The molecule has 3 rings (SSSR count). The smallest absolute Gasteiger partial charge is 0.226 e. The van der Waals surface area contributed by atoms with Crippen LogP contribution in [0.2, 0.25) is 0 Å². The van der Waals surface area contributed by atoms with E-state index in [-0.39, 0.29) is 12.4 Å². The Morgan fingerprint density at radius 2 is 2.21 bits per heavy atom. The van der Waals surface area contributed by atoms with Crippen LogP contribution in [0.1, 0.15) is 44.3 Å². The van der Waals surface area contributed by atoms with Gasteiger partial charge in [-0.3, -0.25) is 0 Å². The molecular formula is C14H24ClN3O. The summed E-state index contributed by atoms with van der Waals surface area (Å²) in [6.07, 6.45) is 7.26. The van der Waals surface area contributed by atoms with E-state index < -0.39 is 0 Å². The quantitative estimate of drug-likeness (QED) is 0.903. The predicted octanol–water partition coefficient (Wildman–Crippen LogP) is 2.62. The maximum absolute atomic E-state index is 5.37. The zero-order valence-electron chi connectivity index (χ0n) is 11.6. The van der Waals surface area contributed by atoms with Gasteiger partial charge < -0.3 is 9.84 Å². The number of aromatic nitrogens is 2. The Kier molecular flexibility index (Phi) is 5.22. The standard InChI is InChI=1S/C14H23N3O.ClH/c1-10(12-3-2-6-15-9-12)7-14-16-13(17-18-14)8-11-4-5-11;/h10-12,15H,2-9H2,1H3;1H. The zero-order valence-corrected chi connectivity index (χ0v) is 12.4. The van der Waals surface area contributed by atoms with E-state index in [2.05, 4.69) is 22.4 Å². The summed E-state index contributed by atoms with van der Waals surface area (Å²) >= 11 is 0. The van der Waals surface area contributed by atoms with Crippen molar-refractivity contribution in [2.45, 2.75) is 45.4 Å². The molecule has 2 unspecified atom stereocenters. The highest BCUT2D eigenvalue weighted by atomic mass is 35.5. The second kappa shape index (κ2) is 6.71. The number of hydrogen-bond donors (Lipinski definition) is 1. The molecule has 108 valence electrons. The van der Waals surface area contributed by atoms with Crippen molar-refractivity contribution < 1.29 is 4.52 Å². The van der Waals surface area contributed by atoms with Crippen LogP contribution in [0.15, 0.2) is 4.52 Å². The Labute approximate surface area is 121 Å². The van der Waals surface area contributed by atoms with Gasteiger partial charge in [0, 0.05) is 12.8 Å². The van der Waals surface area contributed by atoms with Crippen LogP contribution in [-0.4, -0.2) is 23.2 Å². The summed E-state index contributed by atoms with van der Waals surface area (Å²) in [5.41, 5.74) is 0. The van der Waals surface area contributed by atoms with Crippen LogP contribution in [0.4, 0.5) is 0 Å². The average molecular weight is 286 g/mol. The van der Waals surface area contributed by atoms with Crippen LogP contribution in [0, 0.1) is 17.8 Å². The number of rotatable bonds is 5. The van der Waals surface area contributed by atoms with Crippen molar-refractivity contribution in [1.29, 1.82) is 0 Å². The molecule has 1 aliphatic carbocycles. The minimum atomic E-state index is 0. The first-order valence-corrected chi connectivity index (χ1v) is 7.33. The van der Waals surface area contributed by atoms with Crippen LogP contribution in [0.3, 0.4) is 0 Å². The third-order valence-electron chi connectivity index (χ3n) is 4.31. The van der Waals surface area contributed by atoms with Crippen molar-refractivity contribution >= 4 is 12.4 Å². The largest absolute Gasteiger partial charge is 0.339 e. The summed E-state index contributed by atoms with van der Waals surface area (Å²) in [4.78, 5) is 4.53. The Morgan fingerprint density at radius 3 is 2.89 bits per heavy atom. The maximum atomic E-state index is 5.37. The zero-order chi connectivity index (χ0) is 12.4. The Balaban J connectivity index is 0.00000133. The van der Waals surface area contributed by atoms with Crippen LogP contribution in [0.25, 0.3) is 0 Å². The second-order valence-corrected chi connectivity index (χ2v) is 6.04. The van der Waals surface area contributed by atoms with Crippen LogP contribution in [-0.2, 0) is 12.8 Å². The van der Waals surface area contributed by atoms with Gasteiger partial charge in [0.25, 0.3) is 0 Å². The highest BCUT2D eigenvalue weighted by molar-refractivity contribution is 5.85. The van der Waals surface area contributed by atoms with Crippen molar-refractivity contribution in [3.8, 4) is 0 Å². The van der Waals surface area contributed by atoms with E-state index in [1.807, 2.05) is 0 Å². The molecule has 5 heteroatoms. The number of nitrogens with zero attached hydrogens (tertiary/aromatic N) is 2. The van der Waals surface area contributed by atoms with Crippen LogP contribution >= 0.6 is 12.4 Å². The summed E-state index contributed by atoms with van der Waals surface area (Å²) in [6, 6.07) is 0. The summed E-state index contributed by atoms with van der Waals surface area (Å²) in [7, 11) is 0. The Bertz CT molecular complexity index is 386. The lowest BCUT2D eigenvalue weighted by molar-refractivity contribution is 0.256. The molecule has 1 saturated carbocycles. The highest BCUT2D eigenvalue weighted by Gasteiger charge is 2.25. The molecule has 0 amide bonds. The molecule has 0 spiro atoms. The molecule has 19 heavy (non-hydrogen) atoms. The van der Waals surface area contributed by atoms with Crippen molar-refractivity contribution in [3.05, 3.63) is 11.7 Å². The van der Waals surface area contributed by atoms with Crippen molar-refractivity contribution in [2.75, 3.05) is 13.1 Å². The van der Waals surface area contributed by atoms with E-state index in [0.717, 1.165) is 42.9 Å². The number of piperidine rings is 1. The molecule has 4 nitrogen and oxygen atoms in total. The lowest BCUT2D eigenvalue weighted by Crippen LogP contribution is -2.33. The van der Waals surface area contributed by atoms with Gasteiger partial charge in [-0.25, -0.2) is 0 Å². The fraction of sp³-hybridized carbons (Fsp3) is 0.857. The first-order valence-electron chi connectivity index (χ1n) is 7.33. The molecule has 2 aliphatic rings. The molecule has 0 bridgehead atoms. The van der Waals surface area contributed by atoms with Crippen molar-refractivity contribution in [1.82, 2.24) is 15.5 Å². The predicted molar refractivity (Wildman–Crippen MR) is 76.4 cm³/mol. The summed E-state index contributed by atoms with van der Waals surface area (Å²) < 4.78 is 5.37. The minimum Gasteiger partial charge on any atom is -0.339 e. The van der Waals surface area contributed by atoms with E-state index in [0.29, 0.717) is 5.92 Å². The topological polar surface area (TPSA) is 51.0 Å². The number of hydrogen-bond acceptors (Lipinski definition) is 4. The molecule has 0 aromatic carbocycles. The molecule has 2 atom stereocenters. The summed E-state index contributed by atoms with van der Waals surface area (Å²) in [5.74, 6) is 3.98. The maximum Gasteiger partial charge on any atom is 0.226 e. The first-order chi connectivity index (χ1) is 8.81. The molecule has 1 aromatic heterocycles. The summed E-state index contributed by atoms with van der Waals surface area (Å²) in [5, 5.41) is 7.57. The van der Waals surface area contributed by atoms with Gasteiger partial charge in [-0.05, 0) is 56.5 Å². The number of halogens is 1. The van der Waals surface area contributed by atoms with Gasteiger partial charge in [0.15, 0.2) is 5.82 Å². The van der Waals surface area contributed by atoms with Gasteiger partial charge in [-0.15, -0.1) is 12.4 Å². The summed E-state index contributed by atoms with van der Waals surface area (Å²) in [6.45, 7) is 4.63. The van der Waals surface area contributed by atoms with Gasteiger partial charge >= 0.3 is 0 Å². The van der Waals surface area contributed by atoms with Gasteiger partial charge in [-0.2, -0.15) is 4.98 Å². The fourth-order valence-corrected chi connectivity index (χ4v) is 2.84. The van der Waals surface area contributed by atoms with E-state index in [9.17, 15) is 0 Å². The fourth-order valence-electron chi connectivity index (χ4n) is 2.84. The lowest BCUT2D eigenvalue weighted by atomic mass is 9.85. The molecular weight excluding hydrogens is 262 g/mol. The molecule has 2 heterocycles. The van der Waals surface area contributed by atoms with E-state index >= 15 is 0 Å². The number of nitrogens with one attached hydrogen (secondary N) is 1. The van der Waals surface area contributed by atoms with Crippen LogP contribution in [0.5, 0.6) is 0 Å². The molecule has 1 N–H and O–H groups in total. The minimum absolute atomic E-state index is 0. The third kappa shape index (κ3) is 4.18. The van der Waals surface area contributed by atoms with E-state index in [1.54, 1.807) is 0 Å². The van der Waals surface area contributed by atoms with Gasteiger partial charge in [0.1, 0.15) is 0 Å². The average Bonchev–Trinajstić information content (AvgIpc) is 3.10. The Hall–Kier alpha value is -0.610. The van der Waals surface area contributed by atoms with Gasteiger partial charge in [0.05, 0.1) is 0 Å².